The third-order valence-corrected chi connectivity index (χ3v) is 2.73. The molecule has 1 aromatic rings. The molecular formula is C11H17ClN4O3. The van der Waals surface area contributed by atoms with Crippen molar-refractivity contribution < 1.29 is 9.53 Å². The standard InChI is InChI=1S/C11H17ClN4O3/c1-15(2)5-4-13-8-6-14-16(7-9(17)19-3)11(18)10(8)12/h6,13H,4-5,7H2,1-3H3. The maximum Gasteiger partial charge on any atom is 0.327 e. The van der Waals surface area contributed by atoms with Crippen LogP contribution >= 0.6 is 11.6 Å². The molecule has 1 rings (SSSR count). The number of likely N-dealkylation sites (N-methyl/N-ethyl adjacent to an activating group) is 1. The number of ether oxygens (including phenoxy) is 1. The molecule has 0 saturated carbocycles. The minimum Gasteiger partial charge on any atom is -0.468 e. The van der Waals surface area contributed by atoms with E-state index in [1.54, 1.807) is 0 Å². The first-order valence-corrected chi connectivity index (χ1v) is 6.04. The van der Waals surface area contributed by atoms with Gasteiger partial charge in [0.15, 0.2) is 0 Å². The molecule has 1 aromatic heterocycles. The van der Waals surface area contributed by atoms with Crippen molar-refractivity contribution >= 4 is 23.3 Å². The predicted molar refractivity (Wildman–Crippen MR) is 72.6 cm³/mol. The number of methoxy groups -OCH3 is 1. The van der Waals surface area contributed by atoms with E-state index >= 15 is 0 Å². The molecule has 1 N–H and O–H groups in total. The number of anilines is 1. The van der Waals surface area contributed by atoms with Crippen molar-refractivity contribution in [1.82, 2.24) is 14.7 Å². The van der Waals surface area contributed by atoms with Crippen LogP contribution in [0.15, 0.2) is 11.0 Å². The number of halogens is 1. The average molecular weight is 289 g/mol. The smallest absolute Gasteiger partial charge is 0.327 e. The van der Waals surface area contributed by atoms with E-state index < -0.39 is 11.5 Å². The van der Waals surface area contributed by atoms with Crippen LogP contribution in [0.25, 0.3) is 0 Å². The van der Waals surface area contributed by atoms with E-state index in [9.17, 15) is 9.59 Å². The lowest BCUT2D eigenvalue weighted by atomic mass is 10.4. The van der Waals surface area contributed by atoms with E-state index in [4.69, 9.17) is 11.6 Å². The third-order valence-electron chi connectivity index (χ3n) is 2.37. The minimum atomic E-state index is -0.556. The van der Waals surface area contributed by atoms with Crippen molar-refractivity contribution in [1.29, 1.82) is 0 Å². The van der Waals surface area contributed by atoms with Crippen LogP contribution in [0.1, 0.15) is 0 Å². The van der Waals surface area contributed by atoms with Crippen molar-refractivity contribution in [3.63, 3.8) is 0 Å². The molecule has 0 amide bonds. The molecule has 0 aliphatic carbocycles. The van der Waals surface area contributed by atoms with Gasteiger partial charge in [0, 0.05) is 13.1 Å². The van der Waals surface area contributed by atoms with Crippen LogP contribution in [0.2, 0.25) is 5.02 Å². The van der Waals surface area contributed by atoms with Gasteiger partial charge in [-0.05, 0) is 14.1 Å². The number of esters is 1. The van der Waals surface area contributed by atoms with E-state index in [1.807, 2.05) is 19.0 Å². The highest BCUT2D eigenvalue weighted by molar-refractivity contribution is 6.32. The highest BCUT2D eigenvalue weighted by Crippen LogP contribution is 2.14. The number of nitrogens with one attached hydrogen (secondary N) is 1. The molecule has 0 spiro atoms. The molecular weight excluding hydrogens is 272 g/mol. The number of aromatic nitrogens is 2. The zero-order valence-electron chi connectivity index (χ0n) is 11.1. The summed E-state index contributed by atoms with van der Waals surface area (Å²) in [5.41, 5.74) is -0.0726. The molecule has 7 nitrogen and oxygen atoms in total. The summed E-state index contributed by atoms with van der Waals surface area (Å²) < 4.78 is 5.43. The van der Waals surface area contributed by atoms with Gasteiger partial charge in [0.2, 0.25) is 0 Å². The van der Waals surface area contributed by atoms with Crippen LogP contribution in [0.3, 0.4) is 0 Å². The molecule has 0 aromatic carbocycles. The summed E-state index contributed by atoms with van der Waals surface area (Å²) in [5.74, 6) is -0.556. The maximum atomic E-state index is 11.8. The van der Waals surface area contributed by atoms with Crippen molar-refractivity contribution in [2.24, 2.45) is 0 Å². The Bertz CT molecular complexity index is 501. The number of nitrogens with zero attached hydrogens (tertiary/aromatic N) is 3. The van der Waals surface area contributed by atoms with E-state index in [-0.39, 0.29) is 11.6 Å². The first-order chi connectivity index (χ1) is 8.95. The Morgan fingerprint density at radius 2 is 2.26 bits per heavy atom. The second-order valence-corrected chi connectivity index (χ2v) is 4.52. The van der Waals surface area contributed by atoms with Gasteiger partial charge in [0.05, 0.1) is 19.0 Å². The van der Waals surface area contributed by atoms with Crippen LogP contribution in [0.4, 0.5) is 5.69 Å². The van der Waals surface area contributed by atoms with E-state index in [1.165, 1.54) is 13.3 Å². The van der Waals surface area contributed by atoms with Gasteiger partial charge in [0.25, 0.3) is 5.56 Å². The number of hydrogen-bond donors (Lipinski definition) is 1. The molecule has 0 aliphatic heterocycles. The van der Waals surface area contributed by atoms with Gasteiger partial charge in [-0.15, -0.1) is 0 Å². The molecule has 0 radical (unpaired) electrons. The Labute approximate surface area is 116 Å². The van der Waals surface area contributed by atoms with Crippen molar-refractivity contribution in [2.75, 3.05) is 39.6 Å². The summed E-state index contributed by atoms with van der Waals surface area (Å²) in [6.07, 6.45) is 1.42. The monoisotopic (exact) mass is 288 g/mol. The van der Waals surface area contributed by atoms with Gasteiger partial charge in [-0.25, -0.2) is 4.68 Å². The summed E-state index contributed by atoms with van der Waals surface area (Å²) in [6.45, 7) is 1.17. The molecule has 0 atom stereocenters. The van der Waals surface area contributed by atoms with Gasteiger partial charge >= 0.3 is 5.97 Å². The number of rotatable bonds is 6. The van der Waals surface area contributed by atoms with Crippen LogP contribution in [-0.4, -0.2) is 54.9 Å². The number of hydrogen-bond acceptors (Lipinski definition) is 6. The summed E-state index contributed by atoms with van der Waals surface area (Å²) in [4.78, 5) is 24.9. The Hall–Kier alpha value is -1.60. The number of carbonyl (C=O) groups excluding carboxylic acids is 1. The fourth-order valence-electron chi connectivity index (χ4n) is 1.30. The lowest BCUT2D eigenvalue weighted by Gasteiger charge is -2.12. The summed E-state index contributed by atoms with van der Waals surface area (Å²) in [5, 5.41) is 6.89. The largest absolute Gasteiger partial charge is 0.468 e. The Kier molecular flexibility index (Phi) is 5.78. The summed E-state index contributed by atoms with van der Waals surface area (Å²) >= 11 is 5.94. The predicted octanol–water partition coefficient (Wildman–Crippen LogP) is 0.0432. The van der Waals surface area contributed by atoms with Gasteiger partial charge in [-0.2, -0.15) is 5.10 Å². The Morgan fingerprint density at radius 1 is 1.58 bits per heavy atom. The summed E-state index contributed by atoms with van der Waals surface area (Å²) in [7, 11) is 5.12. The second kappa shape index (κ2) is 7.10. The second-order valence-electron chi connectivity index (χ2n) is 4.14. The van der Waals surface area contributed by atoms with Gasteiger partial charge < -0.3 is 15.0 Å². The van der Waals surface area contributed by atoms with E-state index in [2.05, 4.69) is 15.2 Å². The van der Waals surface area contributed by atoms with E-state index in [0.29, 0.717) is 12.2 Å². The molecule has 0 saturated heterocycles. The van der Waals surface area contributed by atoms with Crippen molar-refractivity contribution in [3.8, 4) is 0 Å². The molecule has 0 bridgehead atoms. The molecule has 8 heteroatoms. The van der Waals surface area contributed by atoms with Crippen LogP contribution in [-0.2, 0) is 16.1 Å². The lowest BCUT2D eigenvalue weighted by Crippen LogP contribution is -2.29. The number of carbonyl (C=O) groups is 1. The zero-order valence-corrected chi connectivity index (χ0v) is 11.9. The summed E-state index contributed by atoms with van der Waals surface area (Å²) in [6, 6.07) is 0. The van der Waals surface area contributed by atoms with Crippen molar-refractivity contribution in [3.05, 3.63) is 21.6 Å². The molecule has 0 fully saturated rings. The molecule has 0 aliphatic rings. The first kappa shape index (κ1) is 15.5. The normalized spacial score (nSPS) is 10.6. The minimum absolute atomic E-state index is 0.0117. The molecule has 106 valence electrons. The van der Waals surface area contributed by atoms with Gasteiger partial charge in [-0.3, -0.25) is 9.59 Å². The molecule has 19 heavy (non-hydrogen) atoms. The molecule has 1 heterocycles. The van der Waals surface area contributed by atoms with Gasteiger partial charge in [0.1, 0.15) is 11.6 Å². The zero-order chi connectivity index (χ0) is 14.4. The SMILES string of the molecule is COC(=O)Cn1ncc(NCCN(C)C)c(Cl)c1=O. The topological polar surface area (TPSA) is 76.5 Å². The van der Waals surface area contributed by atoms with Crippen LogP contribution < -0.4 is 10.9 Å². The Morgan fingerprint density at radius 3 is 2.84 bits per heavy atom. The maximum absolute atomic E-state index is 11.8. The molecule has 0 unspecified atom stereocenters. The lowest BCUT2D eigenvalue weighted by molar-refractivity contribution is -0.141. The fourth-order valence-corrected chi connectivity index (χ4v) is 1.52. The first-order valence-electron chi connectivity index (χ1n) is 5.66. The quantitative estimate of drug-likeness (QED) is 0.745. The van der Waals surface area contributed by atoms with Gasteiger partial charge in [-0.1, -0.05) is 11.6 Å². The highest BCUT2D eigenvalue weighted by Gasteiger charge is 2.11. The van der Waals surface area contributed by atoms with Crippen LogP contribution in [0, 0.1) is 0 Å². The fraction of sp³-hybridized carbons (Fsp3) is 0.545. The highest BCUT2D eigenvalue weighted by atomic mass is 35.5. The van der Waals surface area contributed by atoms with E-state index in [0.717, 1.165) is 11.2 Å². The van der Waals surface area contributed by atoms with Crippen molar-refractivity contribution in [2.45, 2.75) is 6.54 Å². The Balaban J connectivity index is 2.80. The average Bonchev–Trinajstić information content (AvgIpc) is 2.37. The van der Waals surface area contributed by atoms with Crippen LogP contribution in [0.5, 0.6) is 0 Å². The third kappa shape index (κ3) is 4.53.